The van der Waals surface area contributed by atoms with Gasteiger partial charge in [-0.05, 0) is 30.3 Å². The first-order valence-corrected chi connectivity index (χ1v) is 9.11. The third kappa shape index (κ3) is 3.59. The number of hydrogen-bond acceptors (Lipinski definition) is 5. The van der Waals surface area contributed by atoms with Crippen LogP contribution < -0.4 is 10.9 Å². The van der Waals surface area contributed by atoms with Crippen LogP contribution in [0.2, 0.25) is 0 Å². The van der Waals surface area contributed by atoms with Crippen molar-refractivity contribution in [2.24, 2.45) is 0 Å². The predicted octanol–water partition coefficient (Wildman–Crippen LogP) is 1.91. The lowest BCUT2D eigenvalue weighted by Gasteiger charge is -2.07. The Labute approximate surface area is 162 Å². The summed E-state index contributed by atoms with van der Waals surface area (Å²) in [5, 5.41) is 11.4. The van der Waals surface area contributed by atoms with Crippen LogP contribution >= 0.6 is 15.9 Å². The largest absolute Gasteiger partial charge is 0.349 e. The molecule has 0 fully saturated rings. The minimum atomic E-state index is -0.177. The molecule has 8 nitrogen and oxygen atoms in total. The van der Waals surface area contributed by atoms with Crippen LogP contribution in [0, 0.1) is 0 Å². The fourth-order valence-corrected chi connectivity index (χ4v) is 3.15. The van der Waals surface area contributed by atoms with Gasteiger partial charge in [0.05, 0.1) is 23.8 Å². The second-order valence-corrected chi connectivity index (χ2v) is 6.89. The SMILES string of the molecule is O=C(CCn1cnc2ccc(Br)cc2c1=O)NCc1nnc2ccccn12. The molecular formula is C18H15BrN6O2. The molecule has 0 saturated carbocycles. The lowest BCUT2D eigenvalue weighted by atomic mass is 10.2. The van der Waals surface area contributed by atoms with E-state index in [1.807, 2.05) is 34.9 Å². The second-order valence-electron chi connectivity index (χ2n) is 5.98. The molecule has 27 heavy (non-hydrogen) atoms. The molecule has 0 radical (unpaired) electrons. The lowest BCUT2D eigenvalue weighted by molar-refractivity contribution is -0.121. The van der Waals surface area contributed by atoms with Gasteiger partial charge in [0.1, 0.15) is 0 Å². The first-order chi connectivity index (χ1) is 13.1. The third-order valence-electron chi connectivity index (χ3n) is 4.19. The average Bonchev–Trinajstić information content (AvgIpc) is 3.09. The second kappa shape index (κ2) is 7.28. The molecule has 0 unspecified atom stereocenters. The monoisotopic (exact) mass is 426 g/mol. The molecule has 0 aliphatic heterocycles. The Kier molecular flexibility index (Phi) is 4.68. The number of halogens is 1. The number of hydrogen-bond donors (Lipinski definition) is 1. The van der Waals surface area contributed by atoms with Gasteiger partial charge in [-0.1, -0.05) is 22.0 Å². The van der Waals surface area contributed by atoms with Crippen LogP contribution in [-0.4, -0.2) is 30.1 Å². The summed E-state index contributed by atoms with van der Waals surface area (Å²) in [4.78, 5) is 29.0. The summed E-state index contributed by atoms with van der Waals surface area (Å²) in [6, 6.07) is 10.9. The lowest BCUT2D eigenvalue weighted by Crippen LogP contribution is -2.28. The number of pyridine rings is 1. The Morgan fingerprint density at radius 1 is 1.19 bits per heavy atom. The van der Waals surface area contributed by atoms with E-state index in [2.05, 4.69) is 36.4 Å². The third-order valence-corrected chi connectivity index (χ3v) is 4.69. The molecule has 3 heterocycles. The van der Waals surface area contributed by atoms with Crippen molar-refractivity contribution in [1.29, 1.82) is 0 Å². The highest BCUT2D eigenvalue weighted by molar-refractivity contribution is 9.10. The highest BCUT2D eigenvalue weighted by Crippen LogP contribution is 2.14. The van der Waals surface area contributed by atoms with Gasteiger partial charge in [0.2, 0.25) is 5.91 Å². The molecular weight excluding hydrogens is 412 g/mol. The number of amides is 1. The Hall–Kier alpha value is -3.07. The molecule has 0 aliphatic rings. The number of carbonyl (C=O) groups excluding carboxylic acids is 1. The van der Waals surface area contributed by atoms with Gasteiger partial charge in [0, 0.05) is 23.6 Å². The molecule has 1 amide bonds. The summed E-state index contributed by atoms with van der Waals surface area (Å²) in [7, 11) is 0. The van der Waals surface area contributed by atoms with E-state index in [0.29, 0.717) is 16.7 Å². The predicted molar refractivity (Wildman–Crippen MR) is 103 cm³/mol. The molecule has 0 atom stereocenters. The van der Waals surface area contributed by atoms with Crippen LogP contribution in [0.1, 0.15) is 12.2 Å². The zero-order chi connectivity index (χ0) is 18.8. The van der Waals surface area contributed by atoms with Crippen molar-refractivity contribution in [2.75, 3.05) is 0 Å². The number of nitrogens with one attached hydrogen (secondary N) is 1. The Morgan fingerprint density at radius 2 is 2.07 bits per heavy atom. The summed E-state index contributed by atoms with van der Waals surface area (Å²) >= 11 is 3.36. The van der Waals surface area contributed by atoms with Gasteiger partial charge in [-0.3, -0.25) is 18.6 Å². The first kappa shape index (κ1) is 17.3. The summed E-state index contributed by atoms with van der Waals surface area (Å²) in [6.45, 7) is 0.516. The van der Waals surface area contributed by atoms with Gasteiger partial charge in [-0.2, -0.15) is 0 Å². The molecule has 3 aromatic heterocycles. The van der Waals surface area contributed by atoms with E-state index >= 15 is 0 Å². The molecule has 1 aromatic carbocycles. The van der Waals surface area contributed by atoms with E-state index in [9.17, 15) is 9.59 Å². The van der Waals surface area contributed by atoms with Crippen LogP contribution in [0.15, 0.2) is 58.2 Å². The number of carbonyl (C=O) groups is 1. The molecule has 9 heteroatoms. The first-order valence-electron chi connectivity index (χ1n) is 8.32. The van der Waals surface area contributed by atoms with E-state index < -0.39 is 0 Å². The van der Waals surface area contributed by atoms with Crippen LogP contribution in [-0.2, 0) is 17.9 Å². The molecule has 0 bridgehead atoms. The fraction of sp³-hybridized carbons (Fsp3) is 0.167. The zero-order valence-corrected chi connectivity index (χ0v) is 15.8. The summed E-state index contributed by atoms with van der Waals surface area (Å²) in [5.74, 6) is 0.470. The maximum Gasteiger partial charge on any atom is 0.261 e. The number of nitrogens with zero attached hydrogens (tertiary/aromatic N) is 5. The molecule has 1 N–H and O–H groups in total. The standard InChI is InChI=1S/C18H15BrN6O2/c19-12-4-5-14-13(9-12)18(27)24(11-21-14)8-6-17(26)20-10-16-23-22-15-3-1-2-7-25(15)16/h1-5,7,9,11H,6,8,10H2,(H,20,26). The minimum Gasteiger partial charge on any atom is -0.349 e. The van der Waals surface area contributed by atoms with Gasteiger partial charge in [-0.25, -0.2) is 4.98 Å². The Morgan fingerprint density at radius 3 is 2.96 bits per heavy atom. The smallest absolute Gasteiger partial charge is 0.261 e. The van der Waals surface area contributed by atoms with Gasteiger partial charge >= 0.3 is 0 Å². The maximum absolute atomic E-state index is 12.5. The quantitative estimate of drug-likeness (QED) is 0.525. The maximum atomic E-state index is 12.5. The topological polar surface area (TPSA) is 94.2 Å². The van der Waals surface area contributed by atoms with E-state index in [-0.39, 0.29) is 31.0 Å². The van der Waals surface area contributed by atoms with Crippen LogP contribution in [0.25, 0.3) is 16.6 Å². The number of aryl methyl sites for hydroxylation is 1. The highest BCUT2D eigenvalue weighted by atomic mass is 79.9. The van der Waals surface area contributed by atoms with Gasteiger partial charge in [0.25, 0.3) is 5.56 Å². The number of aromatic nitrogens is 5. The summed E-state index contributed by atoms with van der Waals surface area (Å²) in [6.07, 6.45) is 3.48. The van der Waals surface area contributed by atoms with Crippen LogP contribution in [0.3, 0.4) is 0 Å². The number of benzene rings is 1. The minimum absolute atomic E-state index is 0.165. The molecule has 0 saturated heterocycles. The molecule has 4 aromatic rings. The van der Waals surface area contributed by atoms with Crippen LogP contribution in [0.5, 0.6) is 0 Å². The normalized spacial score (nSPS) is 11.1. The van der Waals surface area contributed by atoms with Gasteiger partial charge in [0.15, 0.2) is 11.5 Å². The van der Waals surface area contributed by atoms with Gasteiger partial charge in [-0.15, -0.1) is 10.2 Å². The van der Waals surface area contributed by atoms with Crippen molar-refractivity contribution in [3.8, 4) is 0 Å². The van der Waals surface area contributed by atoms with E-state index in [0.717, 1.165) is 10.1 Å². The molecule has 0 aliphatic carbocycles. The van der Waals surface area contributed by atoms with Crippen molar-refractivity contribution in [1.82, 2.24) is 29.5 Å². The van der Waals surface area contributed by atoms with E-state index in [4.69, 9.17) is 0 Å². The summed E-state index contributed by atoms with van der Waals surface area (Å²) in [5.41, 5.74) is 1.18. The summed E-state index contributed by atoms with van der Waals surface area (Å²) < 4.78 is 4.07. The van der Waals surface area contributed by atoms with Crippen molar-refractivity contribution in [2.45, 2.75) is 19.5 Å². The molecule has 0 spiro atoms. The fourth-order valence-electron chi connectivity index (χ4n) is 2.79. The molecule has 4 rings (SSSR count). The van der Waals surface area contributed by atoms with Crippen molar-refractivity contribution < 1.29 is 4.79 Å². The highest BCUT2D eigenvalue weighted by Gasteiger charge is 2.09. The van der Waals surface area contributed by atoms with Crippen molar-refractivity contribution in [3.63, 3.8) is 0 Å². The van der Waals surface area contributed by atoms with Gasteiger partial charge < -0.3 is 5.32 Å². The van der Waals surface area contributed by atoms with E-state index in [1.165, 1.54) is 10.9 Å². The van der Waals surface area contributed by atoms with Crippen molar-refractivity contribution >= 4 is 38.4 Å². The Balaban J connectivity index is 1.41. The molecule has 136 valence electrons. The average molecular weight is 427 g/mol. The Bertz CT molecular complexity index is 1200. The number of rotatable bonds is 5. The number of fused-ring (bicyclic) bond motifs is 2. The van der Waals surface area contributed by atoms with Crippen LogP contribution in [0.4, 0.5) is 0 Å². The zero-order valence-electron chi connectivity index (χ0n) is 14.2. The van der Waals surface area contributed by atoms with E-state index in [1.54, 1.807) is 12.1 Å². The van der Waals surface area contributed by atoms with Crippen molar-refractivity contribution in [3.05, 3.63) is 69.6 Å².